The normalized spacial score (nSPS) is 33.2. The smallest absolute Gasteiger partial charge is 0.239 e. The molecular weight excluding hydrogens is 460 g/mol. The number of anilines is 2. The second-order valence-electron chi connectivity index (χ2n) is 11.9. The molecule has 3 fully saturated rings. The minimum Gasteiger partial charge on any atom is -0.325 e. The van der Waals surface area contributed by atoms with E-state index in [2.05, 4.69) is 10.6 Å². The maximum Gasteiger partial charge on any atom is 0.239 e. The minimum absolute atomic E-state index is 0.00135. The summed E-state index contributed by atoms with van der Waals surface area (Å²) in [5.74, 6) is -4.29. The van der Waals surface area contributed by atoms with E-state index in [9.17, 15) is 28.8 Å². The lowest BCUT2D eigenvalue weighted by Crippen LogP contribution is -2.48. The minimum atomic E-state index is -1.40. The summed E-state index contributed by atoms with van der Waals surface area (Å²) in [6.45, 7) is 11.0. The third-order valence-corrected chi connectivity index (χ3v) is 9.94. The van der Waals surface area contributed by atoms with E-state index >= 15 is 0 Å². The molecule has 0 aliphatic heterocycles. The molecular formula is C28H34N2O6. The lowest BCUT2D eigenvalue weighted by molar-refractivity contribution is -0.152. The van der Waals surface area contributed by atoms with Gasteiger partial charge < -0.3 is 10.6 Å². The molecule has 0 radical (unpaired) electrons. The van der Waals surface area contributed by atoms with Crippen molar-refractivity contribution in [2.45, 2.75) is 67.2 Å². The zero-order chi connectivity index (χ0) is 26.8. The van der Waals surface area contributed by atoms with Gasteiger partial charge in [0.05, 0.1) is 0 Å². The first kappa shape index (κ1) is 25.9. The van der Waals surface area contributed by atoms with Crippen LogP contribution >= 0.6 is 0 Å². The number of rotatable bonds is 5. The molecule has 8 heteroatoms. The van der Waals surface area contributed by atoms with E-state index < -0.39 is 62.5 Å². The Balaban J connectivity index is 1.44. The number of hydrogen-bond acceptors (Lipinski definition) is 6. The van der Waals surface area contributed by atoms with Crippen LogP contribution in [0.4, 0.5) is 11.4 Å². The van der Waals surface area contributed by atoms with E-state index in [0.717, 1.165) is 0 Å². The molecule has 4 atom stereocenters. The van der Waals surface area contributed by atoms with Crippen LogP contribution in [0.1, 0.15) is 67.2 Å². The van der Waals surface area contributed by atoms with Crippen molar-refractivity contribution in [1.82, 2.24) is 0 Å². The van der Waals surface area contributed by atoms with Gasteiger partial charge in [-0.15, -0.1) is 0 Å². The Morgan fingerprint density at radius 2 is 1.36 bits per heavy atom. The third kappa shape index (κ3) is 3.26. The number of fused-ring (bicyclic) bond motifs is 2. The number of ketones is 4. The van der Waals surface area contributed by atoms with Crippen molar-refractivity contribution in [3.63, 3.8) is 0 Å². The zero-order valence-electron chi connectivity index (χ0n) is 21.7. The second kappa shape index (κ2) is 8.18. The van der Waals surface area contributed by atoms with Gasteiger partial charge in [0, 0.05) is 22.2 Å². The molecule has 0 saturated heterocycles. The van der Waals surface area contributed by atoms with Gasteiger partial charge in [0.15, 0.2) is 0 Å². The van der Waals surface area contributed by atoms with Crippen molar-refractivity contribution in [2.75, 3.05) is 10.6 Å². The van der Waals surface area contributed by atoms with Crippen LogP contribution < -0.4 is 10.6 Å². The number of amides is 2. The molecule has 0 unspecified atom stereocenters. The highest BCUT2D eigenvalue weighted by Gasteiger charge is 2.77. The summed E-state index contributed by atoms with van der Waals surface area (Å²) in [7, 11) is 0. The average molecular weight is 495 g/mol. The molecule has 3 aliphatic carbocycles. The van der Waals surface area contributed by atoms with Gasteiger partial charge in [-0.2, -0.15) is 0 Å². The maximum absolute atomic E-state index is 13.3. The van der Waals surface area contributed by atoms with Crippen LogP contribution in [0, 0.1) is 33.5 Å². The second-order valence-corrected chi connectivity index (χ2v) is 11.9. The van der Waals surface area contributed by atoms with E-state index in [-0.39, 0.29) is 5.92 Å². The molecule has 0 aromatic heterocycles. The summed E-state index contributed by atoms with van der Waals surface area (Å²) < 4.78 is 0. The number of hydrogen-bond donors (Lipinski definition) is 2. The topological polar surface area (TPSA) is 126 Å². The molecule has 0 spiro atoms. The van der Waals surface area contributed by atoms with Crippen LogP contribution in [-0.2, 0) is 28.8 Å². The lowest BCUT2D eigenvalue weighted by Gasteiger charge is -2.37. The first-order chi connectivity index (χ1) is 16.6. The summed E-state index contributed by atoms with van der Waals surface area (Å²) in [5, 5.41) is 5.47. The Morgan fingerprint density at radius 3 is 1.86 bits per heavy atom. The van der Waals surface area contributed by atoms with E-state index in [1.54, 1.807) is 38.1 Å². The SMILES string of the molecule is CC(C)[C@@]1(C)CC[C@@H](C(=O)Nc2ccc(NC(=O)[C@]34CC[C@](C)(C(=O)C3=O)C4(C)C)cc2)C(=O)C1=O. The summed E-state index contributed by atoms with van der Waals surface area (Å²) in [6.07, 6.45) is 1.59. The summed E-state index contributed by atoms with van der Waals surface area (Å²) in [5.41, 5.74) is -2.97. The van der Waals surface area contributed by atoms with Crippen LogP contribution in [0.25, 0.3) is 0 Å². The van der Waals surface area contributed by atoms with Gasteiger partial charge in [0.2, 0.25) is 34.9 Å². The van der Waals surface area contributed by atoms with Gasteiger partial charge in [0.1, 0.15) is 11.3 Å². The fourth-order valence-corrected chi connectivity index (χ4v) is 6.31. The van der Waals surface area contributed by atoms with Gasteiger partial charge in [-0.05, 0) is 61.3 Å². The van der Waals surface area contributed by atoms with Crippen LogP contribution in [0.2, 0.25) is 0 Å². The summed E-state index contributed by atoms with van der Waals surface area (Å²) >= 11 is 0. The van der Waals surface area contributed by atoms with Crippen molar-refractivity contribution in [3.8, 4) is 0 Å². The standard InChI is InChI=1S/C28H34N2O6/c1-15(2)26(5)12-11-18(19(31)20(26)32)23(35)29-16-7-9-17(10-8-16)30-24(36)28-14-13-27(6,25(28,3)4)21(33)22(28)34/h7-10,15,18H,11-14H2,1-6H3,(H,29,35)(H,30,36)/t18-,26-,27-,28+/m1/s1. The van der Waals surface area contributed by atoms with E-state index in [1.807, 2.05) is 27.7 Å². The first-order valence-electron chi connectivity index (χ1n) is 12.5. The quantitative estimate of drug-likeness (QED) is 0.474. The molecule has 2 bridgehead atoms. The fourth-order valence-electron chi connectivity index (χ4n) is 6.31. The highest BCUT2D eigenvalue weighted by atomic mass is 16.2. The van der Waals surface area contributed by atoms with Crippen molar-refractivity contribution in [3.05, 3.63) is 24.3 Å². The third-order valence-electron chi connectivity index (χ3n) is 9.94. The van der Waals surface area contributed by atoms with Gasteiger partial charge in [-0.1, -0.05) is 41.5 Å². The number of carbonyl (C=O) groups excluding carboxylic acids is 6. The molecule has 0 heterocycles. The first-order valence-corrected chi connectivity index (χ1v) is 12.5. The van der Waals surface area contributed by atoms with E-state index in [1.165, 1.54) is 0 Å². The molecule has 3 aliphatic rings. The number of nitrogens with one attached hydrogen (secondary N) is 2. The number of carbonyl (C=O) groups is 6. The molecule has 2 N–H and O–H groups in total. The maximum atomic E-state index is 13.3. The summed E-state index contributed by atoms with van der Waals surface area (Å²) in [4.78, 5) is 76.9. The number of Topliss-reactive ketones (excluding diaryl/α,β-unsaturated/α-hetero) is 4. The molecule has 2 amide bonds. The van der Waals surface area contributed by atoms with Crippen molar-refractivity contribution < 1.29 is 28.8 Å². The average Bonchev–Trinajstić information content (AvgIpc) is 3.09. The molecule has 192 valence electrons. The van der Waals surface area contributed by atoms with Crippen molar-refractivity contribution >= 4 is 46.3 Å². The molecule has 3 saturated carbocycles. The Morgan fingerprint density at radius 1 is 0.806 bits per heavy atom. The van der Waals surface area contributed by atoms with Crippen LogP contribution in [0.15, 0.2) is 24.3 Å². The van der Waals surface area contributed by atoms with E-state index in [0.29, 0.717) is 37.1 Å². The van der Waals surface area contributed by atoms with Gasteiger partial charge in [-0.25, -0.2) is 0 Å². The lowest BCUT2D eigenvalue weighted by atomic mass is 9.64. The Bertz CT molecular complexity index is 1200. The van der Waals surface area contributed by atoms with Gasteiger partial charge in [0.25, 0.3) is 0 Å². The highest BCUT2D eigenvalue weighted by Crippen LogP contribution is 2.69. The number of benzene rings is 1. The Kier molecular flexibility index (Phi) is 5.89. The molecule has 1 aromatic carbocycles. The van der Waals surface area contributed by atoms with Crippen LogP contribution in [0.3, 0.4) is 0 Å². The molecule has 4 rings (SSSR count). The Labute approximate surface area is 211 Å². The predicted molar refractivity (Wildman–Crippen MR) is 133 cm³/mol. The van der Waals surface area contributed by atoms with Crippen LogP contribution in [0.5, 0.6) is 0 Å². The van der Waals surface area contributed by atoms with E-state index in [4.69, 9.17) is 0 Å². The molecule has 8 nitrogen and oxygen atoms in total. The molecule has 1 aromatic rings. The summed E-state index contributed by atoms with van der Waals surface area (Å²) in [6, 6.07) is 6.31. The van der Waals surface area contributed by atoms with Gasteiger partial charge >= 0.3 is 0 Å². The zero-order valence-corrected chi connectivity index (χ0v) is 21.7. The monoisotopic (exact) mass is 494 g/mol. The Hall–Kier alpha value is -3.16. The van der Waals surface area contributed by atoms with Crippen LogP contribution in [-0.4, -0.2) is 34.9 Å². The van der Waals surface area contributed by atoms with Crippen molar-refractivity contribution in [1.29, 1.82) is 0 Å². The fraction of sp³-hybridized carbons (Fsp3) is 0.571. The van der Waals surface area contributed by atoms with Gasteiger partial charge in [-0.3, -0.25) is 28.8 Å². The highest BCUT2D eigenvalue weighted by molar-refractivity contribution is 6.49. The molecule has 36 heavy (non-hydrogen) atoms. The largest absolute Gasteiger partial charge is 0.325 e. The van der Waals surface area contributed by atoms with Crippen molar-refractivity contribution in [2.24, 2.45) is 33.5 Å². The predicted octanol–water partition coefficient (Wildman–Crippen LogP) is 3.74.